The molecular formula is C63H39N3. The number of nitrogens with zero attached hydrogens (tertiary/aromatic N) is 3. The Morgan fingerprint density at radius 1 is 0.288 bits per heavy atom. The first kappa shape index (κ1) is 38.7. The van der Waals surface area contributed by atoms with Gasteiger partial charge in [0.25, 0.3) is 0 Å². The van der Waals surface area contributed by atoms with Gasteiger partial charge in [-0.15, -0.1) is 0 Å². The minimum atomic E-state index is 0.635. The molecule has 0 N–H and O–H groups in total. The second kappa shape index (κ2) is 16.3. The van der Waals surface area contributed by atoms with Crippen LogP contribution in [-0.2, 0) is 0 Å². The van der Waals surface area contributed by atoms with Crippen molar-refractivity contribution in [2.75, 3.05) is 0 Å². The van der Waals surface area contributed by atoms with Gasteiger partial charge in [-0.05, 0) is 124 Å². The van der Waals surface area contributed by atoms with E-state index in [1.54, 1.807) is 0 Å². The van der Waals surface area contributed by atoms with E-state index in [1.807, 2.05) is 30.3 Å². The minimum absolute atomic E-state index is 0.635. The van der Waals surface area contributed by atoms with Crippen molar-refractivity contribution < 1.29 is 0 Å². The second-order valence-electron chi connectivity index (χ2n) is 16.8. The monoisotopic (exact) mass is 837 g/mol. The van der Waals surface area contributed by atoms with Gasteiger partial charge in [0, 0.05) is 16.7 Å². The van der Waals surface area contributed by atoms with E-state index in [9.17, 15) is 5.26 Å². The van der Waals surface area contributed by atoms with E-state index in [4.69, 9.17) is 9.97 Å². The highest BCUT2D eigenvalue weighted by Crippen LogP contribution is 2.42. The van der Waals surface area contributed by atoms with Crippen LogP contribution >= 0.6 is 0 Å². The summed E-state index contributed by atoms with van der Waals surface area (Å²) in [6.07, 6.45) is 0. The number of hydrogen-bond donors (Lipinski definition) is 0. The van der Waals surface area contributed by atoms with Crippen LogP contribution in [0.5, 0.6) is 0 Å². The summed E-state index contributed by atoms with van der Waals surface area (Å²) < 4.78 is 0. The number of nitriles is 1. The van der Waals surface area contributed by atoms with Crippen molar-refractivity contribution in [1.82, 2.24) is 9.97 Å². The molecule has 0 unspecified atom stereocenters. The van der Waals surface area contributed by atoms with Gasteiger partial charge in [-0.3, -0.25) is 0 Å². The first-order valence-electron chi connectivity index (χ1n) is 22.3. The lowest BCUT2D eigenvalue weighted by Gasteiger charge is -2.16. The molecule has 0 saturated carbocycles. The lowest BCUT2D eigenvalue weighted by molar-refractivity contribution is 1.19. The number of aromatic nitrogens is 2. The first-order chi connectivity index (χ1) is 32.7. The summed E-state index contributed by atoms with van der Waals surface area (Å²) >= 11 is 0. The van der Waals surface area contributed by atoms with Crippen LogP contribution in [0, 0.1) is 11.3 Å². The molecular weight excluding hydrogens is 799 g/mol. The van der Waals surface area contributed by atoms with E-state index >= 15 is 0 Å². The maximum absolute atomic E-state index is 9.43. The molecule has 1 aromatic heterocycles. The summed E-state index contributed by atoms with van der Waals surface area (Å²) in [4.78, 5) is 10.8. The van der Waals surface area contributed by atoms with Crippen molar-refractivity contribution in [2.45, 2.75) is 0 Å². The zero-order valence-electron chi connectivity index (χ0n) is 35.9. The lowest BCUT2D eigenvalue weighted by atomic mass is 9.88. The number of hydrogen-bond acceptors (Lipinski definition) is 3. The summed E-state index contributed by atoms with van der Waals surface area (Å²) in [7, 11) is 0. The van der Waals surface area contributed by atoms with Crippen LogP contribution in [0.4, 0.5) is 0 Å². The average molecular weight is 838 g/mol. The topological polar surface area (TPSA) is 49.6 Å². The molecule has 0 amide bonds. The van der Waals surface area contributed by atoms with E-state index < -0.39 is 0 Å². The van der Waals surface area contributed by atoms with Crippen molar-refractivity contribution in [3.63, 3.8) is 0 Å². The van der Waals surface area contributed by atoms with Crippen molar-refractivity contribution in [1.29, 1.82) is 5.26 Å². The van der Waals surface area contributed by atoms with Crippen LogP contribution in [0.2, 0.25) is 0 Å². The van der Waals surface area contributed by atoms with Gasteiger partial charge in [0.05, 0.1) is 23.0 Å². The smallest absolute Gasteiger partial charge is 0.161 e. The molecule has 12 rings (SSSR count). The molecule has 11 aromatic carbocycles. The van der Waals surface area contributed by atoms with Gasteiger partial charge in [-0.25, -0.2) is 9.97 Å². The van der Waals surface area contributed by atoms with Gasteiger partial charge in [0.1, 0.15) is 0 Å². The molecule has 0 atom stereocenters. The number of benzene rings is 11. The van der Waals surface area contributed by atoms with Gasteiger partial charge in [-0.1, -0.05) is 200 Å². The zero-order valence-corrected chi connectivity index (χ0v) is 35.9. The predicted octanol–water partition coefficient (Wildman–Crippen LogP) is 16.6. The molecule has 0 aliphatic rings. The molecule has 1 heterocycles. The Morgan fingerprint density at radius 2 is 0.864 bits per heavy atom. The molecule has 0 aliphatic heterocycles. The van der Waals surface area contributed by atoms with Crippen LogP contribution in [-0.4, -0.2) is 9.97 Å². The standard InChI is InChI=1S/C63H39N3/c64-40-41-25-27-42(28-26-41)47-17-12-18-49(37-47)60-39-61(56-24-11-8-19-50(56)43-13-2-1-3-14-43)66-63(65-60)58-36-35-52(54-22-9-10-23-55(54)58)45-29-31-46(32-30-45)62-53-21-7-5-16-48(53)38-59-51-20-6-4-15-44(51)33-34-57(59)62/h1-39H. The molecule has 3 nitrogen and oxygen atoms in total. The Bertz CT molecular complexity index is 3860. The SMILES string of the molecule is N#Cc1ccc(-c2cccc(-c3cc(-c4ccccc4-c4ccccc4)nc(-c4ccc(-c5ccc(-c6c7ccccc7cc7c6ccc6ccccc67)cc5)c5ccccc45)n3)c2)cc1. The lowest BCUT2D eigenvalue weighted by Crippen LogP contribution is -1.98. The van der Waals surface area contributed by atoms with E-state index in [2.05, 4.69) is 212 Å². The fourth-order valence-electron chi connectivity index (χ4n) is 9.72. The van der Waals surface area contributed by atoms with Crippen LogP contribution in [0.3, 0.4) is 0 Å². The minimum Gasteiger partial charge on any atom is -0.228 e. The van der Waals surface area contributed by atoms with Crippen LogP contribution < -0.4 is 0 Å². The Balaban J connectivity index is 0.996. The summed E-state index contributed by atoms with van der Waals surface area (Å²) in [5.41, 5.74) is 14.3. The van der Waals surface area contributed by atoms with Gasteiger partial charge in [-0.2, -0.15) is 5.26 Å². The predicted molar refractivity (Wildman–Crippen MR) is 275 cm³/mol. The highest BCUT2D eigenvalue weighted by molar-refractivity contribution is 6.20. The van der Waals surface area contributed by atoms with E-state index in [1.165, 1.54) is 43.4 Å². The van der Waals surface area contributed by atoms with Crippen LogP contribution in [0.1, 0.15) is 5.56 Å². The van der Waals surface area contributed by atoms with Crippen molar-refractivity contribution in [3.05, 3.63) is 242 Å². The average Bonchev–Trinajstić information content (AvgIpc) is 3.40. The fraction of sp³-hybridized carbons (Fsp3) is 0. The van der Waals surface area contributed by atoms with E-state index in [-0.39, 0.29) is 0 Å². The summed E-state index contributed by atoms with van der Waals surface area (Å²) in [5, 5.41) is 19.2. The Labute approximate surface area is 383 Å². The fourth-order valence-corrected chi connectivity index (χ4v) is 9.72. The molecule has 0 spiro atoms. The van der Waals surface area contributed by atoms with Gasteiger partial charge in [0.2, 0.25) is 0 Å². The summed E-state index contributed by atoms with van der Waals surface area (Å²) in [5.74, 6) is 0.655. The van der Waals surface area contributed by atoms with Crippen molar-refractivity contribution in [3.8, 4) is 84.5 Å². The third kappa shape index (κ3) is 6.86. The molecule has 0 fully saturated rings. The molecule has 306 valence electrons. The highest BCUT2D eigenvalue weighted by Gasteiger charge is 2.18. The largest absolute Gasteiger partial charge is 0.228 e. The molecule has 0 radical (unpaired) electrons. The Kier molecular flexibility index (Phi) is 9.55. The van der Waals surface area contributed by atoms with Crippen molar-refractivity contribution >= 4 is 43.1 Å². The van der Waals surface area contributed by atoms with E-state index in [0.717, 1.165) is 72.2 Å². The Hall–Kier alpha value is -8.97. The van der Waals surface area contributed by atoms with Crippen LogP contribution in [0.15, 0.2) is 237 Å². The molecule has 0 saturated heterocycles. The summed E-state index contributed by atoms with van der Waals surface area (Å²) in [6, 6.07) is 85.9. The molecule has 0 bridgehead atoms. The van der Waals surface area contributed by atoms with Gasteiger partial charge >= 0.3 is 0 Å². The van der Waals surface area contributed by atoms with Crippen molar-refractivity contribution in [2.24, 2.45) is 0 Å². The second-order valence-corrected chi connectivity index (χ2v) is 16.8. The highest BCUT2D eigenvalue weighted by atomic mass is 14.9. The van der Waals surface area contributed by atoms with E-state index in [0.29, 0.717) is 11.4 Å². The third-order valence-electron chi connectivity index (χ3n) is 12.9. The molecule has 3 heteroatoms. The normalized spacial score (nSPS) is 11.3. The van der Waals surface area contributed by atoms with Gasteiger partial charge in [0.15, 0.2) is 5.82 Å². The molecule has 0 aliphatic carbocycles. The van der Waals surface area contributed by atoms with Gasteiger partial charge < -0.3 is 0 Å². The first-order valence-corrected chi connectivity index (χ1v) is 22.3. The zero-order chi connectivity index (χ0) is 44.0. The maximum atomic E-state index is 9.43. The summed E-state index contributed by atoms with van der Waals surface area (Å²) in [6.45, 7) is 0. The third-order valence-corrected chi connectivity index (χ3v) is 12.9. The molecule has 66 heavy (non-hydrogen) atoms. The quantitative estimate of drug-likeness (QED) is 0.119. The number of rotatable bonds is 7. The Morgan fingerprint density at radius 3 is 1.65 bits per heavy atom. The van der Waals surface area contributed by atoms with Crippen LogP contribution in [0.25, 0.3) is 122 Å². The molecule has 12 aromatic rings. The maximum Gasteiger partial charge on any atom is 0.161 e. The number of fused-ring (bicyclic) bond motifs is 5.